The van der Waals surface area contributed by atoms with Crippen LogP contribution < -0.4 is 4.98 Å². The van der Waals surface area contributed by atoms with E-state index >= 15 is 0 Å². The minimum atomic E-state index is 0. The molecule has 0 atom stereocenters. The van der Waals surface area contributed by atoms with Crippen molar-refractivity contribution in [3.8, 4) is 44.9 Å². The summed E-state index contributed by atoms with van der Waals surface area (Å²) in [5, 5.41) is 2.25. The summed E-state index contributed by atoms with van der Waals surface area (Å²) in [7, 11) is 0. The van der Waals surface area contributed by atoms with Gasteiger partial charge in [0.2, 0.25) is 0 Å². The average molecular weight is 780 g/mol. The van der Waals surface area contributed by atoms with E-state index in [0.717, 1.165) is 60.9 Å². The molecule has 0 saturated heterocycles. The van der Waals surface area contributed by atoms with Crippen LogP contribution >= 0.6 is 0 Å². The number of hydrogen-bond donors (Lipinski definition) is 0. The summed E-state index contributed by atoms with van der Waals surface area (Å²) in [6, 6.07) is 43.4. The molecule has 3 nitrogen and oxygen atoms in total. The predicted octanol–water partition coefficient (Wildman–Crippen LogP) is 10.6. The van der Waals surface area contributed by atoms with Gasteiger partial charge in [-0.15, -0.1) is 34.3 Å². The third-order valence-corrected chi connectivity index (χ3v) is 8.56. The van der Waals surface area contributed by atoms with Gasteiger partial charge >= 0.3 is 22.4 Å². The standard InChI is InChI=1S/C42H36N3.Au/c1-41(2,3)32-18-14-27(15-19-32)29-24-30(28-16-20-33(21-17-28)42(4,5)6)26-31(25-29)37-22-23-43-40(45-37)36-12-9-11-35-34-10-7-8-13-38(34)44-39(35)36;/h7-16,18-25H,1-6H3;/q-3;+3. The number of aromatic nitrogens is 3. The van der Waals surface area contributed by atoms with Crippen LogP contribution in [0.5, 0.6) is 0 Å². The topological polar surface area (TPSA) is 39.9 Å². The maximum atomic E-state index is 5.10. The van der Waals surface area contributed by atoms with Gasteiger partial charge in [0.05, 0.1) is 0 Å². The Bertz CT molecular complexity index is 2080. The largest absolute Gasteiger partial charge is 3.00 e. The van der Waals surface area contributed by atoms with Gasteiger partial charge in [-0.25, -0.2) is 10.5 Å². The molecule has 0 fully saturated rings. The average Bonchev–Trinajstić information content (AvgIpc) is 3.43. The van der Waals surface area contributed by atoms with Gasteiger partial charge in [-0.05, 0) is 32.7 Å². The van der Waals surface area contributed by atoms with Crippen molar-refractivity contribution in [2.75, 3.05) is 0 Å². The monoisotopic (exact) mass is 779 g/mol. The first-order chi connectivity index (χ1) is 21.5. The van der Waals surface area contributed by atoms with Gasteiger partial charge in [0.1, 0.15) is 0 Å². The molecule has 0 radical (unpaired) electrons. The second-order valence-corrected chi connectivity index (χ2v) is 13.9. The fourth-order valence-electron chi connectivity index (χ4n) is 5.86. The third kappa shape index (κ3) is 6.11. The normalized spacial score (nSPS) is 12.0. The Morgan fingerprint density at radius 2 is 1.33 bits per heavy atom. The first-order valence-electron chi connectivity index (χ1n) is 15.5. The zero-order valence-electron chi connectivity index (χ0n) is 27.0. The van der Waals surface area contributed by atoms with E-state index in [4.69, 9.17) is 15.0 Å². The molecule has 0 aliphatic carbocycles. The van der Waals surface area contributed by atoms with E-state index in [1.54, 1.807) is 0 Å². The Morgan fingerprint density at radius 1 is 0.630 bits per heavy atom. The van der Waals surface area contributed by atoms with E-state index in [9.17, 15) is 0 Å². The summed E-state index contributed by atoms with van der Waals surface area (Å²) in [5.74, 6) is 0.650. The van der Waals surface area contributed by atoms with Gasteiger partial charge in [-0.2, -0.15) is 35.9 Å². The second-order valence-electron chi connectivity index (χ2n) is 13.9. The summed E-state index contributed by atoms with van der Waals surface area (Å²) in [4.78, 5) is 14.8. The van der Waals surface area contributed by atoms with Crippen molar-refractivity contribution in [3.63, 3.8) is 0 Å². The van der Waals surface area contributed by atoms with Crippen molar-refractivity contribution in [1.29, 1.82) is 0 Å². The molecule has 46 heavy (non-hydrogen) atoms. The zero-order chi connectivity index (χ0) is 31.3. The molecule has 0 aliphatic rings. The van der Waals surface area contributed by atoms with E-state index in [0.29, 0.717) is 5.82 Å². The molecule has 0 N–H and O–H groups in total. The molecule has 230 valence electrons. The first-order valence-corrected chi connectivity index (χ1v) is 15.5. The van der Waals surface area contributed by atoms with Gasteiger partial charge in [-0.1, -0.05) is 120 Å². The van der Waals surface area contributed by atoms with Crippen molar-refractivity contribution in [1.82, 2.24) is 15.0 Å². The summed E-state index contributed by atoms with van der Waals surface area (Å²) in [5.41, 5.74) is 11.5. The van der Waals surface area contributed by atoms with E-state index in [-0.39, 0.29) is 33.2 Å². The molecule has 0 aliphatic heterocycles. The SMILES string of the molecule is CC(C)(C)c1c[c-]c(-c2[c-]c(-c3ccnc(-c4cccc5c4[n-]c4ccccc45)n3)cc(-c3ccc(C(C)(C)C)cc3)c2)cc1.[Au+3]. The zero-order valence-corrected chi connectivity index (χ0v) is 29.2. The van der Waals surface area contributed by atoms with Crippen LogP contribution in [0.4, 0.5) is 0 Å². The van der Waals surface area contributed by atoms with Crippen LogP contribution in [-0.4, -0.2) is 9.97 Å². The Kier molecular flexibility index (Phi) is 8.37. The van der Waals surface area contributed by atoms with Crippen molar-refractivity contribution in [2.24, 2.45) is 0 Å². The number of para-hydroxylation sites is 2. The quantitative estimate of drug-likeness (QED) is 0.132. The molecule has 5 aromatic carbocycles. The number of hydrogen-bond acceptors (Lipinski definition) is 2. The maximum absolute atomic E-state index is 5.10. The number of rotatable bonds is 4. The molecule has 0 spiro atoms. The molecular formula is C42H36AuN3. The van der Waals surface area contributed by atoms with Crippen LogP contribution in [0.15, 0.2) is 109 Å². The summed E-state index contributed by atoms with van der Waals surface area (Å²) in [6.45, 7) is 13.4. The minimum Gasteiger partial charge on any atom is -0.656 e. The Balaban J connectivity index is 0.00000372. The predicted molar refractivity (Wildman–Crippen MR) is 187 cm³/mol. The Hall–Kier alpha value is -4.28. The number of fused-ring (bicyclic) bond motifs is 3. The molecule has 0 unspecified atom stereocenters. The Morgan fingerprint density at radius 3 is 2.04 bits per heavy atom. The molecule has 7 aromatic rings. The van der Waals surface area contributed by atoms with Crippen molar-refractivity contribution < 1.29 is 22.4 Å². The van der Waals surface area contributed by atoms with Crippen LogP contribution in [0.3, 0.4) is 0 Å². The van der Waals surface area contributed by atoms with Crippen LogP contribution in [0, 0.1) is 12.1 Å². The molecule has 7 rings (SSSR count). The van der Waals surface area contributed by atoms with E-state index in [1.165, 1.54) is 11.1 Å². The van der Waals surface area contributed by atoms with E-state index in [1.807, 2.05) is 18.3 Å². The number of benzene rings is 5. The van der Waals surface area contributed by atoms with E-state index < -0.39 is 0 Å². The van der Waals surface area contributed by atoms with Gasteiger partial charge in [0.25, 0.3) is 0 Å². The van der Waals surface area contributed by atoms with Crippen LogP contribution in [0.2, 0.25) is 0 Å². The minimum absolute atomic E-state index is 0. The molecule has 0 amide bonds. The summed E-state index contributed by atoms with van der Waals surface area (Å²) in [6.07, 6.45) is 1.84. The van der Waals surface area contributed by atoms with Gasteiger partial charge in [0, 0.05) is 17.5 Å². The van der Waals surface area contributed by atoms with Crippen LogP contribution in [0.25, 0.3) is 66.7 Å². The third-order valence-electron chi connectivity index (χ3n) is 8.56. The van der Waals surface area contributed by atoms with E-state index in [2.05, 4.69) is 145 Å². The second kappa shape index (κ2) is 12.1. The molecule has 4 heteroatoms. The van der Waals surface area contributed by atoms with Gasteiger partial charge in [-0.3, -0.25) is 4.98 Å². The number of nitrogens with zero attached hydrogens (tertiary/aromatic N) is 3. The first kappa shape index (κ1) is 31.7. The van der Waals surface area contributed by atoms with Crippen LogP contribution in [0.1, 0.15) is 52.7 Å². The summed E-state index contributed by atoms with van der Waals surface area (Å²) < 4.78 is 0. The fourth-order valence-corrected chi connectivity index (χ4v) is 5.86. The molecule has 2 heterocycles. The van der Waals surface area contributed by atoms with Crippen molar-refractivity contribution >= 4 is 21.8 Å². The van der Waals surface area contributed by atoms with Crippen molar-refractivity contribution in [3.05, 3.63) is 133 Å². The fraction of sp³-hybridized carbons (Fsp3) is 0.190. The molecule has 0 bridgehead atoms. The molecular weight excluding hydrogens is 743 g/mol. The Labute approximate surface area is 287 Å². The maximum Gasteiger partial charge on any atom is 3.00 e. The molecule has 2 aromatic heterocycles. The van der Waals surface area contributed by atoms with Gasteiger partial charge in [0.15, 0.2) is 5.82 Å². The van der Waals surface area contributed by atoms with Crippen LogP contribution in [-0.2, 0) is 33.2 Å². The molecule has 0 saturated carbocycles. The van der Waals surface area contributed by atoms with Gasteiger partial charge < -0.3 is 4.98 Å². The summed E-state index contributed by atoms with van der Waals surface area (Å²) >= 11 is 0. The smallest absolute Gasteiger partial charge is 0.656 e. The van der Waals surface area contributed by atoms with Crippen molar-refractivity contribution in [2.45, 2.75) is 52.4 Å².